The van der Waals surface area contributed by atoms with Crippen LogP contribution in [-0.4, -0.2) is 45.8 Å². The van der Waals surface area contributed by atoms with Crippen molar-refractivity contribution in [3.63, 3.8) is 0 Å². The van der Waals surface area contributed by atoms with Crippen molar-refractivity contribution in [2.45, 2.75) is 45.3 Å². The van der Waals surface area contributed by atoms with E-state index in [2.05, 4.69) is 9.97 Å². The van der Waals surface area contributed by atoms with E-state index in [0.29, 0.717) is 24.1 Å². The Morgan fingerprint density at radius 1 is 1.43 bits per heavy atom. The smallest absolute Gasteiger partial charge is 0.410 e. The third kappa shape index (κ3) is 5.04. The maximum absolute atomic E-state index is 12.1. The predicted molar refractivity (Wildman–Crippen MR) is 78.5 cm³/mol. The number of hydrogen-bond acceptors (Lipinski definition) is 5. The molecule has 1 aromatic rings. The minimum absolute atomic E-state index is 0.114. The summed E-state index contributed by atoms with van der Waals surface area (Å²) in [5, 5.41) is 0.333. The lowest BCUT2D eigenvalue weighted by Crippen LogP contribution is -2.46. The van der Waals surface area contributed by atoms with E-state index in [4.69, 9.17) is 21.1 Å². The second-order valence-corrected chi connectivity index (χ2v) is 6.37. The van der Waals surface area contributed by atoms with Crippen molar-refractivity contribution in [1.29, 1.82) is 0 Å². The summed E-state index contributed by atoms with van der Waals surface area (Å²) in [5.74, 6) is 0.422. The number of hydrogen-bond donors (Lipinski definition) is 0. The van der Waals surface area contributed by atoms with Gasteiger partial charge in [-0.3, -0.25) is 0 Å². The molecule has 0 radical (unpaired) electrons. The lowest BCUT2D eigenvalue weighted by Gasteiger charge is -2.33. The van der Waals surface area contributed by atoms with Crippen LogP contribution < -0.4 is 4.74 Å². The van der Waals surface area contributed by atoms with Gasteiger partial charge < -0.3 is 14.4 Å². The molecule has 2 heterocycles. The first-order chi connectivity index (χ1) is 9.83. The molecule has 1 aliphatic rings. The number of amides is 1. The average molecular weight is 314 g/mol. The first-order valence-corrected chi connectivity index (χ1v) is 7.33. The van der Waals surface area contributed by atoms with Crippen molar-refractivity contribution in [2.75, 3.05) is 13.1 Å². The number of piperidine rings is 1. The van der Waals surface area contributed by atoms with Gasteiger partial charge in [0.25, 0.3) is 0 Å². The van der Waals surface area contributed by atoms with E-state index in [0.717, 1.165) is 12.8 Å². The zero-order valence-electron chi connectivity index (χ0n) is 12.5. The van der Waals surface area contributed by atoms with E-state index in [9.17, 15) is 4.79 Å². The molecule has 6 nitrogen and oxygen atoms in total. The fraction of sp³-hybridized carbons (Fsp3) is 0.643. The van der Waals surface area contributed by atoms with Crippen LogP contribution in [0.25, 0.3) is 0 Å². The molecule has 1 aromatic heterocycles. The molecular formula is C14H20ClN3O3. The van der Waals surface area contributed by atoms with Crippen molar-refractivity contribution in [3.05, 3.63) is 17.5 Å². The minimum Gasteiger partial charge on any atom is -0.472 e. The van der Waals surface area contributed by atoms with Crippen LogP contribution in [0.2, 0.25) is 5.15 Å². The van der Waals surface area contributed by atoms with E-state index in [1.54, 1.807) is 11.0 Å². The van der Waals surface area contributed by atoms with E-state index in [1.165, 1.54) is 6.33 Å². The van der Waals surface area contributed by atoms with Crippen LogP contribution >= 0.6 is 11.6 Å². The van der Waals surface area contributed by atoms with Gasteiger partial charge in [0.2, 0.25) is 5.88 Å². The first kappa shape index (κ1) is 15.8. The fourth-order valence-electron chi connectivity index (χ4n) is 2.08. The fourth-order valence-corrected chi connectivity index (χ4v) is 2.22. The molecule has 0 aliphatic carbocycles. The van der Waals surface area contributed by atoms with Gasteiger partial charge in [0.05, 0.1) is 6.54 Å². The molecule has 0 spiro atoms. The number of aromatic nitrogens is 2. The molecule has 1 amide bonds. The van der Waals surface area contributed by atoms with Gasteiger partial charge >= 0.3 is 6.09 Å². The molecule has 0 aromatic carbocycles. The highest BCUT2D eigenvalue weighted by atomic mass is 35.5. The third-order valence-corrected chi connectivity index (χ3v) is 3.13. The van der Waals surface area contributed by atoms with Gasteiger partial charge in [-0.05, 0) is 33.6 Å². The van der Waals surface area contributed by atoms with Crippen LogP contribution in [0, 0.1) is 0 Å². The van der Waals surface area contributed by atoms with Crippen molar-refractivity contribution >= 4 is 17.7 Å². The van der Waals surface area contributed by atoms with Crippen LogP contribution in [0.4, 0.5) is 4.79 Å². The number of ether oxygens (including phenoxy) is 2. The summed E-state index contributed by atoms with van der Waals surface area (Å²) in [6, 6.07) is 1.56. The third-order valence-electron chi connectivity index (χ3n) is 2.93. The average Bonchev–Trinajstić information content (AvgIpc) is 2.37. The second kappa shape index (κ2) is 6.47. The summed E-state index contributed by atoms with van der Waals surface area (Å²) in [4.78, 5) is 21.6. The van der Waals surface area contributed by atoms with E-state index in [1.807, 2.05) is 20.8 Å². The Balaban J connectivity index is 1.93. The maximum Gasteiger partial charge on any atom is 0.410 e. The number of carbonyl (C=O) groups is 1. The van der Waals surface area contributed by atoms with E-state index < -0.39 is 5.60 Å². The molecule has 7 heteroatoms. The van der Waals surface area contributed by atoms with Crippen molar-refractivity contribution < 1.29 is 14.3 Å². The SMILES string of the molecule is CC(C)(C)OC(=O)N1CCC[C@H](Oc2cc(Cl)ncn2)C1. The molecule has 2 rings (SSSR count). The zero-order chi connectivity index (χ0) is 15.5. The van der Waals surface area contributed by atoms with Crippen molar-refractivity contribution in [1.82, 2.24) is 14.9 Å². The molecule has 1 aliphatic heterocycles. The van der Waals surface area contributed by atoms with Gasteiger partial charge in [0.1, 0.15) is 23.2 Å². The monoisotopic (exact) mass is 313 g/mol. The standard InChI is InChI=1S/C14H20ClN3O3/c1-14(2,3)21-13(19)18-6-4-5-10(8-18)20-12-7-11(15)16-9-17-12/h7,9-10H,4-6,8H2,1-3H3/t10-/m0/s1. The van der Waals surface area contributed by atoms with Gasteiger partial charge in [-0.25, -0.2) is 14.8 Å². The van der Waals surface area contributed by atoms with Crippen molar-refractivity contribution in [3.8, 4) is 5.88 Å². The quantitative estimate of drug-likeness (QED) is 0.785. The number of carbonyl (C=O) groups excluding carboxylic acids is 1. The maximum atomic E-state index is 12.1. The van der Waals surface area contributed by atoms with Crippen molar-refractivity contribution in [2.24, 2.45) is 0 Å². The van der Waals surface area contributed by atoms with Crippen LogP contribution in [0.3, 0.4) is 0 Å². The number of likely N-dealkylation sites (tertiary alicyclic amines) is 1. The number of halogens is 1. The van der Waals surface area contributed by atoms with Crippen LogP contribution in [0.5, 0.6) is 5.88 Å². The Hall–Kier alpha value is -1.56. The summed E-state index contributed by atoms with van der Waals surface area (Å²) in [5.41, 5.74) is -0.495. The molecule has 1 atom stereocenters. The largest absolute Gasteiger partial charge is 0.472 e. The molecule has 0 N–H and O–H groups in total. The normalized spacial score (nSPS) is 19.2. The Morgan fingerprint density at radius 2 is 2.19 bits per heavy atom. The van der Waals surface area contributed by atoms with Gasteiger partial charge in [0, 0.05) is 12.6 Å². The van der Waals surface area contributed by atoms with Gasteiger partial charge in [-0.15, -0.1) is 0 Å². The molecule has 1 saturated heterocycles. The van der Waals surface area contributed by atoms with Gasteiger partial charge in [-0.2, -0.15) is 0 Å². The first-order valence-electron chi connectivity index (χ1n) is 6.95. The number of rotatable bonds is 2. The molecule has 21 heavy (non-hydrogen) atoms. The molecule has 0 saturated carbocycles. The Labute approximate surface area is 129 Å². The van der Waals surface area contributed by atoms with Crippen LogP contribution in [0.1, 0.15) is 33.6 Å². The zero-order valence-corrected chi connectivity index (χ0v) is 13.3. The van der Waals surface area contributed by atoms with Crippen LogP contribution in [0.15, 0.2) is 12.4 Å². The minimum atomic E-state index is -0.495. The summed E-state index contributed by atoms with van der Waals surface area (Å²) in [6.45, 7) is 6.72. The molecular weight excluding hydrogens is 294 g/mol. The summed E-state index contributed by atoms with van der Waals surface area (Å²) in [7, 11) is 0. The van der Waals surface area contributed by atoms with E-state index in [-0.39, 0.29) is 12.2 Å². The Morgan fingerprint density at radius 3 is 2.86 bits per heavy atom. The van der Waals surface area contributed by atoms with Gasteiger partial charge in [0.15, 0.2) is 0 Å². The Kier molecular flexibility index (Phi) is 4.88. The second-order valence-electron chi connectivity index (χ2n) is 5.99. The van der Waals surface area contributed by atoms with Crippen LogP contribution in [-0.2, 0) is 4.74 Å². The topological polar surface area (TPSA) is 64.5 Å². The number of nitrogens with zero attached hydrogens (tertiary/aromatic N) is 3. The van der Waals surface area contributed by atoms with E-state index >= 15 is 0 Å². The predicted octanol–water partition coefficient (Wildman–Crippen LogP) is 2.91. The Bertz CT molecular complexity index is 504. The lowest BCUT2D eigenvalue weighted by molar-refractivity contribution is 0.00720. The molecule has 0 unspecified atom stereocenters. The van der Waals surface area contributed by atoms with Gasteiger partial charge in [-0.1, -0.05) is 11.6 Å². The highest BCUT2D eigenvalue weighted by molar-refractivity contribution is 6.29. The molecule has 116 valence electrons. The molecule has 0 bridgehead atoms. The summed E-state index contributed by atoms with van der Waals surface area (Å²) in [6.07, 6.45) is 2.66. The highest BCUT2D eigenvalue weighted by Gasteiger charge is 2.28. The highest BCUT2D eigenvalue weighted by Crippen LogP contribution is 2.20. The molecule has 1 fully saturated rings. The summed E-state index contributed by atoms with van der Waals surface area (Å²) < 4.78 is 11.1. The lowest BCUT2D eigenvalue weighted by atomic mass is 10.1. The summed E-state index contributed by atoms with van der Waals surface area (Å²) >= 11 is 5.80.